The van der Waals surface area contributed by atoms with Gasteiger partial charge in [-0.1, -0.05) is 34.1 Å². The molecule has 0 saturated heterocycles. The molecule has 1 aliphatic rings. The molecule has 0 aromatic carbocycles. The zero-order chi connectivity index (χ0) is 16.0. The normalized spacial score (nSPS) is 28.9. The lowest BCUT2D eigenvalue weighted by Gasteiger charge is -2.48. The fourth-order valence-electron chi connectivity index (χ4n) is 4.10. The number of hydrogen-bond acceptors (Lipinski definition) is 3. The fourth-order valence-corrected chi connectivity index (χ4v) is 4.10. The quantitative estimate of drug-likeness (QED) is 0.745. The van der Waals surface area contributed by atoms with E-state index < -0.39 is 0 Å². The molecular weight excluding hydrogens is 260 g/mol. The van der Waals surface area contributed by atoms with Crippen LogP contribution in [0.4, 0.5) is 0 Å². The van der Waals surface area contributed by atoms with E-state index in [9.17, 15) is 0 Å². The topological polar surface area (TPSA) is 38.5 Å². The predicted molar refractivity (Wildman–Crippen MR) is 91.5 cm³/mol. The summed E-state index contributed by atoms with van der Waals surface area (Å²) in [5.41, 5.74) is 6.54. The minimum absolute atomic E-state index is 0.446. The van der Waals surface area contributed by atoms with E-state index in [0.717, 1.165) is 25.6 Å². The van der Waals surface area contributed by atoms with Gasteiger partial charge in [-0.3, -0.25) is 4.90 Å². The molecule has 3 nitrogen and oxygen atoms in total. The van der Waals surface area contributed by atoms with Gasteiger partial charge in [0, 0.05) is 19.2 Å². The minimum Gasteiger partial charge on any atom is -0.383 e. The first-order valence-corrected chi connectivity index (χ1v) is 8.85. The van der Waals surface area contributed by atoms with E-state index in [1.165, 1.54) is 25.7 Å². The minimum atomic E-state index is 0.446. The van der Waals surface area contributed by atoms with Gasteiger partial charge in [0.25, 0.3) is 0 Å². The molecule has 0 aliphatic heterocycles. The fraction of sp³-hybridized carbons (Fsp3) is 1.00. The molecule has 21 heavy (non-hydrogen) atoms. The number of nitrogens with two attached hydrogens (primary N) is 1. The van der Waals surface area contributed by atoms with Crippen LogP contribution in [0.1, 0.15) is 60.3 Å². The van der Waals surface area contributed by atoms with Crippen LogP contribution in [0, 0.1) is 17.3 Å². The Bertz CT molecular complexity index is 293. The monoisotopic (exact) mass is 298 g/mol. The summed E-state index contributed by atoms with van der Waals surface area (Å²) in [5, 5.41) is 0. The Labute approximate surface area is 132 Å². The number of ether oxygens (including phenoxy) is 1. The SMILES string of the molecule is CCN(C(C)COC)C1CC(C(C)(C)CC)CCC1CN. The van der Waals surface area contributed by atoms with Crippen molar-refractivity contribution in [1.82, 2.24) is 4.90 Å². The highest BCUT2D eigenvalue weighted by Crippen LogP contribution is 2.43. The standard InChI is InChI=1S/C18H38N2O/c1-7-18(4,5)16-10-9-15(12-19)17(11-16)20(8-2)14(3)13-21-6/h14-17H,7-13,19H2,1-6H3. The molecular formula is C18H38N2O. The lowest BCUT2D eigenvalue weighted by Crippen LogP contribution is -2.52. The number of hydrogen-bond donors (Lipinski definition) is 1. The second-order valence-electron chi connectivity index (χ2n) is 7.55. The Hall–Kier alpha value is -0.120. The van der Waals surface area contributed by atoms with Crippen molar-refractivity contribution in [3.05, 3.63) is 0 Å². The van der Waals surface area contributed by atoms with Gasteiger partial charge in [0.05, 0.1) is 6.61 Å². The number of likely N-dealkylation sites (N-methyl/N-ethyl adjacent to an activating group) is 1. The molecule has 1 aliphatic carbocycles. The zero-order valence-corrected chi connectivity index (χ0v) is 15.2. The van der Waals surface area contributed by atoms with Crippen LogP contribution < -0.4 is 5.73 Å². The van der Waals surface area contributed by atoms with Crippen molar-refractivity contribution >= 4 is 0 Å². The maximum Gasteiger partial charge on any atom is 0.0615 e. The smallest absolute Gasteiger partial charge is 0.0615 e. The van der Waals surface area contributed by atoms with E-state index in [-0.39, 0.29) is 0 Å². The molecule has 0 radical (unpaired) electrons. The second kappa shape index (κ2) is 8.50. The van der Waals surface area contributed by atoms with Crippen molar-refractivity contribution in [3.8, 4) is 0 Å². The zero-order valence-electron chi connectivity index (χ0n) is 15.2. The Morgan fingerprint density at radius 1 is 1.29 bits per heavy atom. The Morgan fingerprint density at radius 2 is 1.95 bits per heavy atom. The summed E-state index contributed by atoms with van der Waals surface area (Å²) >= 11 is 0. The summed E-state index contributed by atoms with van der Waals surface area (Å²) < 4.78 is 5.39. The first-order valence-electron chi connectivity index (χ1n) is 8.85. The molecule has 2 N–H and O–H groups in total. The second-order valence-corrected chi connectivity index (χ2v) is 7.55. The van der Waals surface area contributed by atoms with E-state index in [1.54, 1.807) is 7.11 Å². The summed E-state index contributed by atoms with van der Waals surface area (Å²) in [6, 6.07) is 1.09. The van der Waals surface area contributed by atoms with E-state index in [1.807, 2.05) is 0 Å². The van der Waals surface area contributed by atoms with Crippen molar-refractivity contribution in [3.63, 3.8) is 0 Å². The van der Waals surface area contributed by atoms with Crippen LogP contribution >= 0.6 is 0 Å². The summed E-state index contributed by atoms with van der Waals surface area (Å²) in [4.78, 5) is 2.64. The molecule has 1 saturated carbocycles. The van der Waals surface area contributed by atoms with Crippen molar-refractivity contribution in [2.45, 2.75) is 72.4 Å². The van der Waals surface area contributed by atoms with E-state index in [0.29, 0.717) is 23.4 Å². The third-order valence-electron chi connectivity index (χ3n) is 6.04. The number of nitrogens with zero attached hydrogens (tertiary/aromatic N) is 1. The highest BCUT2D eigenvalue weighted by molar-refractivity contribution is 4.93. The maximum absolute atomic E-state index is 6.09. The first kappa shape index (κ1) is 18.9. The molecule has 0 heterocycles. The van der Waals surface area contributed by atoms with Crippen molar-refractivity contribution in [2.75, 3.05) is 26.8 Å². The van der Waals surface area contributed by atoms with Crippen LogP contribution in [0.3, 0.4) is 0 Å². The summed E-state index contributed by atoms with van der Waals surface area (Å²) in [6.07, 6.45) is 5.18. The van der Waals surface area contributed by atoms with Crippen molar-refractivity contribution in [2.24, 2.45) is 23.0 Å². The first-order chi connectivity index (χ1) is 9.91. The Kier molecular flexibility index (Phi) is 7.66. The average Bonchev–Trinajstić information content (AvgIpc) is 2.48. The molecule has 4 atom stereocenters. The number of rotatable bonds is 8. The van der Waals surface area contributed by atoms with E-state index in [2.05, 4.69) is 39.5 Å². The van der Waals surface area contributed by atoms with Crippen LogP contribution in [-0.4, -0.2) is 43.8 Å². The largest absolute Gasteiger partial charge is 0.383 e. The van der Waals surface area contributed by atoms with Gasteiger partial charge in [-0.25, -0.2) is 0 Å². The maximum atomic E-state index is 6.09. The molecule has 0 aromatic heterocycles. The molecule has 1 rings (SSSR count). The summed E-state index contributed by atoms with van der Waals surface area (Å²) in [7, 11) is 1.80. The van der Waals surface area contributed by atoms with Crippen LogP contribution in [-0.2, 0) is 4.74 Å². The lowest BCUT2D eigenvalue weighted by atomic mass is 9.65. The van der Waals surface area contributed by atoms with Gasteiger partial charge in [-0.15, -0.1) is 0 Å². The van der Waals surface area contributed by atoms with Crippen LogP contribution in [0.25, 0.3) is 0 Å². The molecule has 0 amide bonds. The van der Waals surface area contributed by atoms with Crippen molar-refractivity contribution in [1.29, 1.82) is 0 Å². The lowest BCUT2D eigenvalue weighted by molar-refractivity contribution is 0.00123. The molecule has 3 heteroatoms. The van der Waals surface area contributed by atoms with Crippen LogP contribution in [0.15, 0.2) is 0 Å². The Balaban J connectivity index is 2.86. The summed E-state index contributed by atoms with van der Waals surface area (Å²) in [6.45, 7) is 14.5. The van der Waals surface area contributed by atoms with Crippen molar-refractivity contribution < 1.29 is 4.74 Å². The van der Waals surface area contributed by atoms with E-state index in [4.69, 9.17) is 10.5 Å². The summed E-state index contributed by atoms with van der Waals surface area (Å²) in [5.74, 6) is 1.47. The van der Waals surface area contributed by atoms with Gasteiger partial charge in [-0.05, 0) is 56.5 Å². The van der Waals surface area contributed by atoms with Gasteiger partial charge >= 0.3 is 0 Å². The van der Waals surface area contributed by atoms with E-state index >= 15 is 0 Å². The molecule has 0 spiro atoms. The average molecular weight is 299 g/mol. The Morgan fingerprint density at radius 3 is 2.43 bits per heavy atom. The molecule has 0 aromatic rings. The van der Waals surface area contributed by atoms with Crippen LogP contribution in [0.2, 0.25) is 0 Å². The molecule has 126 valence electrons. The molecule has 1 fully saturated rings. The van der Waals surface area contributed by atoms with Gasteiger partial charge in [0.15, 0.2) is 0 Å². The third kappa shape index (κ3) is 4.67. The van der Waals surface area contributed by atoms with Gasteiger partial charge in [0.1, 0.15) is 0 Å². The number of methoxy groups -OCH3 is 1. The highest BCUT2D eigenvalue weighted by Gasteiger charge is 2.39. The molecule has 0 bridgehead atoms. The van der Waals surface area contributed by atoms with Crippen LogP contribution in [0.5, 0.6) is 0 Å². The highest BCUT2D eigenvalue weighted by atomic mass is 16.5. The van der Waals surface area contributed by atoms with Gasteiger partial charge < -0.3 is 10.5 Å². The molecule has 4 unspecified atom stereocenters. The predicted octanol–water partition coefficient (Wildman–Crippen LogP) is 3.52. The third-order valence-corrected chi connectivity index (χ3v) is 6.04. The van der Waals surface area contributed by atoms with Gasteiger partial charge in [0.2, 0.25) is 0 Å². The van der Waals surface area contributed by atoms with Gasteiger partial charge in [-0.2, -0.15) is 0 Å².